The molecule has 0 saturated carbocycles. The first kappa shape index (κ1) is 14.6. The van der Waals surface area contributed by atoms with Crippen molar-refractivity contribution in [2.75, 3.05) is 11.4 Å². The molecule has 112 valence electrons. The monoisotopic (exact) mass is 314 g/mol. The molecule has 0 radical (unpaired) electrons. The van der Waals surface area contributed by atoms with Gasteiger partial charge in [0, 0.05) is 29.2 Å². The van der Waals surface area contributed by atoms with E-state index in [1.54, 1.807) is 29.2 Å². The largest absolute Gasteiger partial charge is 0.347 e. The number of carbonyl (C=O) groups excluding carboxylic acids is 2. The van der Waals surface area contributed by atoms with Crippen molar-refractivity contribution in [3.05, 3.63) is 65.2 Å². The maximum absolute atomic E-state index is 12.2. The summed E-state index contributed by atoms with van der Waals surface area (Å²) in [5, 5.41) is 3.41. The minimum absolute atomic E-state index is 0.0163. The van der Waals surface area contributed by atoms with Crippen LogP contribution in [0.3, 0.4) is 0 Å². The molecule has 1 atom stereocenters. The van der Waals surface area contributed by atoms with Gasteiger partial charge in [0.1, 0.15) is 0 Å². The van der Waals surface area contributed by atoms with Crippen molar-refractivity contribution in [3.8, 4) is 0 Å². The van der Waals surface area contributed by atoms with Crippen molar-refractivity contribution in [1.82, 2.24) is 5.32 Å². The van der Waals surface area contributed by atoms with E-state index >= 15 is 0 Å². The number of hydrogen-bond acceptors (Lipinski definition) is 2. The maximum atomic E-state index is 12.2. The van der Waals surface area contributed by atoms with Gasteiger partial charge in [0.2, 0.25) is 5.91 Å². The number of amides is 2. The minimum Gasteiger partial charge on any atom is -0.347 e. The first-order valence-electron chi connectivity index (χ1n) is 7.05. The zero-order chi connectivity index (χ0) is 15.5. The van der Waals surface area contributed by atoms with Crippen molar-refractivity contribution < 1.29 is 9.59 Å². The third kappa shape index (κ3) is 3.12. The zero-order valence-corrected chi connectivity index (χ0v) is 12.6. The average Bonchev–Trinajstić information content (AvgIpc) is 2.88. The summed E-state index contributed by atoms with van der Waals surface area (Å²) in [6, 6.07) is 16.0. The van der Waals surface area contributed by atoms with Crippen LogP contribution in [0, 0.1) is 0 Å². The van der Waals surface area contributed by atoms with E-state index in [1.807, 2.05) is 30.3 Å². The molecule has 1 aliphatic heterocycles. The maximum Gasteiger partial charge on any atom is 0.251 e. The Morgan fingerprint density at radius 3 is 2.64 bits per heavy atom. The summed E-state index contributed by atoms with van der Waals surface area (Å²) in [4.78, 5) is 26.0. The Kier molecular flexibility index (Phi) is 4.11. The van der Waals surface area contributed by atoms with E-state index in [0.29, 0.717) is 23.6 Å². The van der Waals surface area contributed by atoms with Gasteiger partial charge in [-0.2, -0.15) is 0 Å². The summed E-state index contributed by atoms with van der Waals surface area (Å²) < 4.78 is 0. The molecule has 3 rings (SSSR count). The number of hydrogen-bond donors (Lipinski definition) is 1. The molecule has 0 bridgehead atoms. The zero-order valence-electron chi connectivity index (χ0n) is 11.8. The Hall–Kier alpha value is -2.33. The molecule has 5 heteroatoms. The lowest BCUT2D eigenvalue weighted by Gasteiger charge is -2.17. The number of nitrogens with one attached hydrogen (secondary N) is 1. The van der Waals surface area contributed by atoms with Crippen LogP contribution in [0.4, 0.5) is 5.69 Å². The van der Waals surface area contributed by atoms with Crippen molar-refractivity contribution in [2.24, 2.45) is 0 Å². The van der Waals surface area contributed by atoms with Gasteiger partial charge < -0.3 is 10.2 Å². The quantitative estimate of drug-likeness (QED) is 0.947. The van der Waals surface area contributed by atoms with Gasteiger partial charge in [-0.25, -0.2) is 0 Å². The smallest absolute Gasteiger partial charge is 0.251 e. The standard InChI is InChI=1S/C17H15ClN2O2/c18-13-6-4-5-12(9-13)17(22)19-14-10-16(21)20(11-14)15-7-2-1-3-8-15/h1-9,14H,10-11H2,(H,19,22). The van der Waals surface area contributed by atoms with Crippen LogP contribution in [0.2, 0.25) is 5.02 Å². The molecular weight excluding hydrogens is 300 g/mol. The second-order valence-electron chi connectivity index (χ2n) is 5.22. The van der Waals surface area contributed by atoms with Gasteiger partial charge >= 0.3 is 0 Å². The molecule has 0 spiro atoms. The highest BCUT2D eigenvalue weighted by Gasteiger charge is 2.31. The summed E-state index contributed by atoms with van der Waals surface area (Å²) in [5.74, 6) is -0.196. The molecule has 2 aromatic rings. The first-order chi connectivity index (χ1) is 10.6. The lowest BCUT2D eigenvalue weighted by Crippen LogP contribution is -2.37. The van der Waals surface area contributed by atoms with Crippen LogP contribution >= 0.6 is 11.6 Å². The van der Waals surface area contributed by atoms with E-state index < -0.39 is 0 Å². The molecule has 0 aromatic heterocycles. The first-order valence-corrected chi connectivity index (χ1v) is 7.43. The highest BCUT2D eigenvalue weighted by atomic mass is 35.5. The summed E-state index contributed by atoms with van der Waals surface area (Å²) in [6.45, 7) is 0.481. The van der Waals surface area contributed by atoms with E-state index in [0.717, 1.165) is 5.69 Å². The highest BCUT2D eigenvalue weighted by molar-refractivity contribution is 6.30. The fourth-order valence-electron chi connectivity index (χ4n) is 2.56. The fraction of sp³-hybridized carbons (Fsp3) is 0.176. The van der Waals surface area contributed by atoms with E-state index in [4.69, 9.17) is 11.6 Å². The molecule has 1 fully saturated rings. The van der Waals surface area contributed by atoms with Gasteiger partial charge in [0.25, 0.3) is 5.91 Å². The summed E-state index contributed by atoms with van der Waals surface area (Å²) >= 11 is 5.89. The van der Waals surface area contributed by atoms with Crippen LogP contribution in [0.25, 0.3) is 0 Å². The van der Waals surface area contributed by atoms with Gasteiger partial charge in [0.15, 0.2) is 0 Å². The third-order valence-corrected chi connectivity index (χ3v) is 3.85. The molecule has 1 unspecified atom stereocenters. The second kappa shape index (κ2) is 6.20. The van der Waals surface area contributed by atoms with E-state index in [2.05, 4.69) is 5.32 Å². The van der Waals surface area contributed by atoms with Gasteiger partial charge in [-0.1, -0.05) is 35.9 Å². The molecule has 2 amide bonds. The van der Waals surface area contributed by atoms with Crippen LogP contribution in [-0.2, 0) is 4.79 Å². The van der Waals surface area contributed by atoms with Crippen molar-refractivity contribution in [2.45, 2.75) is 12.5 Å². The van der Waals surface area contributed by atoms with E-state index in [-0.39, 0.29) is 17.9 Å². The fourth-order valence-corrected chi connectivity index (χ4v) is 2.75. The molecule has 1 N–H and O–H groups in total. The van der Waals surface area contributed by atoms with Gasteiger partial charge in [-0.15, -0.1) is 0 Å². The Morgan fingerprint density at radius 1 is 1.14 bits per heavy atom. The summed E-state index contributed by atoms with van der Waals surface area (Å²) in [5.41, 5.74) is 1.35. The highest BCUT2D eigenvalue weighted by Crippen LogP contribution is 2.21. The second-order valence-corrected chi connectivity index (χ2v) is 5.66. The molecule has 2 aromatic carbocycles. The number of carbonyl (C=O) groups is 2. The number of rotatable bonds is 3. The minimum atomic E-state index is -0.213. The lowest BCUT2D eigenvalue weighted by atomic mass is 10.2. The number of benzene rings is 2. The average molecular weight is 315 g/mol. The predicted molar refractivity (Wildman–Crippen MR) is 86.1 cm³/mol. The van der Waals surface area contributed by atoms with Crippen LogP contribution in [0.5, 0.6) is 0 Å². The van der Waals surface area contributed by atoms with Crippen LogP contribution < -0.4 is 10.2 Å². The molecule has 1 aliphatic rings. The number of halogens is 1. The van der Waals surface area contributed by atoms with Crippen LogP contribution in [-0.4, -0.2) is 24.4 Å². The Labute approximate surface area is 133 Å². The number of anilines is 1. The molecular formula is C17H15ClN2O2. The van der Waals surface area contributed by atoms with Gasteiger partial charge in [0.05, 0.1) is 6.04 Å². The Bertz CT molecular complexity index is 703. The Morgan fingerprint density at radius 2 is 1.91 bits per heavy atom. The normalized spacial score (nSPS) is 17.6. The molecule has 22 heavy (non-hydrogen) atoms. The van der Waals surface area contributed by atoms with Crippen molar-refractivity contribution in [1.29, 1.82) is 0 Å². The van der Waals surface area contributed by atoms with Crippen LogP contribution in [0.15, 0.2) is 54.6 Å². The van der Waals surface area contributed by atoms with E-state index in [9.17, 15) is 9.59 Å². The molecule has 4 nitrogen and oxygen atoms in total. The molecule has 1 saturated heterocycles. The third-order valence-electron chi connectivity index (χ3n) is 3.61. The number of para-hydroxylation sites is 1. The lowest BCUT2D eigenvalue weighted by molar-refractivity contribution is -0.117. The topological polar surface area (TPSA) is 49.4 Å². The number of nitrogens with zero attached hydrogens (tertiary/aromatic N) is 1. The summed E-state index contributed by atoms with van der Waals surface area (Å²) in [6.07, 6.45) is 0.307. The SMILES string of the molecule is O=C(NC1CC(=O)N(c2ccccc2)C1)c1cccc(Cl)c1. The Balaban J connectivity index is 1.68. The predicted octanol–water partition coefficient (Wildman–Crippen LogP) is 2.88. The van der Waals surface area contributed by atoms with Crippen LogP contribution in [0.1, 0.15) is 16.8 Å². The van der Waals surface area contributed by atoms with Gasteiger partial charge in [-0.05, 0) is 30.3 Å². The van der Waals surface area contributed by atoms with E-state index in [1.165, 1.54) is 0 Å². The van der Waals surface area contributed by atoms with Crippen molar-refractivity contribution >= 4 is 29.1 Å². The molecule has 1 heterocycles. The summed E-state index contributed by atoms with van der Waals surface area (Å²) in [7, 11) is 0. The van der Waals surface area contributed by atoms with Crippen molar-refractivity contribution in [3.63, 3.8) is 0 Å². The van der Waals surface area contributed by atoms with Gasteiger partial charge in [-0.3, -0.25) is 9.59 Å². The molecule has 0 aliphatic carbocycles.